The Balaban J connectivity index is 1.95. The molecule has 0 spiro atoms. The molecule has 1 amide bonds. The van der Waals surface area contributed by atoms with Gasteiger partial charge in [-0.05, 0) is 32.3 Å². The number of likely N-dealkylation sites (N-methyl/N-ethyl adjacent to an activating group) is 1. The summed E-state index contributed by atoms with van der Waals surface area (Å²) in [6.45, 7) is 1.59. The van der Waals surface area contributed by atoms with E-state index < -0.39 is 0 Å². The van der Waals surface area contributed by atoms with Crippen LogP contribution in [0.4, 0.5) is 11.6 Å². The molecule has 6 nitrogen and oxygen atoms in total. The average molecular weight is 354 g/mol. The molecule has 0 unspecified atom stereocenters. The summed E-state index contributed by atoms with van der Waals surface area (Å²) in [4.78, 5) is 22.4. The summed E-state index contributed by atoms with van der Waals surface area (Å²) in [6.07, 6.45) is 2.94. The SMILES string of the molecule is CN(C)CCNc1ncc(C(=O)Nc2ccc(Cl)c(Cl)c2)cn1. The number of aromatic nitrogens is 2. The molecule has 0 aliphatic heterocycles. The second-order valence-electron chi connectivity index (χ2n) is 5.11. The molecular weight excluding hydrogens is 337 g/mol. The highest BCUT2D eigenvalue weighted by atomic mass is 35.5. The molecule has 1 aromatic carbocycles. The standard InChI is InChI=1S/C15H17Cl2N5O/c1-22(2)6-5-18-15-19-8-10(9-20-15)14(23)21-11-3-4-12(16)13(17)7-11/h3-4,7-9H,5-6H2,1-2H3,(H,21,23)(H,18,19,20). The summed E-state index contributed by atoms with van der Waals surface area (Å²) in [5.74, 6) is 0.168. The van der Waals surface area contributed by atoms with E-state index in [2.05, 4.69) is 20.6 Å². The van der Waals surface area contributed by atoms with Gasteiger partial charge in [-0.25, -0.2) is 9.97 Å². The number of nitrogens with zero attached hydrogens (tertiary/aromatic N) is 3. The maximum absolute atomic E-state index is 12.1. The Labute approximate surface area is 144 Å². The van der Waals surface area contributed by atoms with Crippen LogP contribution in [0.15, 0.2) is 30.6 Å². The summed E-state index contributed by atoms with van der Waals surface area (Å²) >= 11 is 11.8. The van der Waals surface area contributed by atoms with E-state index >= 15 is 0 Å². The lowest BCUT2D eigenvalue weighted by Crippen LogP contribution is -2.21. The lowest BCUT2D eigenvalue weighted by Gasteiger charge is -2.10. The third-order valence-electron chi connectivity index (χ3n) is 2.93. The van der Waals surface area contributed by atoms with Gasteiger partial charge in [0.25, 0.3) is 5.91 Å². The van der Waals surface area contributed by atoms with Crippen molar-refractivity contribution in [2.45, 2.75) is 0 Å². The Morgan fingerprint density at radius 1 is 1.17 bits per heavy atom. The van der Waals surface area contributed by atoms with E-state index in [9.17, 15) is 4.79 Å². The van der Waals surface area contributed by atoms with Crippen LogP contribution in [0.1, 0.15) is 10.4 Å². The van der Waals surface area contributed by atoms with Gasteiger partial charge in [0.15, 0.2) is 0 Å². The van der Waals surface area contributed by atoms with Gasteiger partial charge in [0.05, 0.1) is 15.6 Å². The topological polar surface area (TPSA) is 70.2 Å². The Bertz CT molecular complexity index is 676. The fourth-order valence-electron chi connectivity index (χ4n) is 1.71. The fraction of sp³-hybridized carbons (Fsp3) is 0.267. The van der Waals surface area contributed by atoms with E-state index in [-0.39, 0.29) is 5.91 Å². The first-order chi connectivity index (χ1) is 11.0. The summed E-state index contributed by atoms with van der Waals surface area (Å²) in [5, 5.41) is 6.60. The Kier molecular flexibility index (Phi) is 6.15. The molecule has 0 fully saturated rings. The van der Waals surface area contributed by atoms with Gasteiger partial charge in [0.2, 0.25) is 5.95 Å². The van der Waals surface area contributed by atoms with Crippen LogP contribution in [0.25, 0.3) is 0 Å². The first-order valence-electron chi connectivity index (χ1n) is 6.93. The van der Waals surface area contributed by atoms with Crippen molar-refractivity contribution in [2.75, 3.05) is 37.8 Å². The molecule has 0 saturated heterocycles. The number of halogens is 2. The van der Waals surface area contributed by atoms with E-state index in [1.165, 1.54) is 12.4 Å². The monoisotopic (exact) mass is 353 g/mol. The third kappa shape index (κ3) is 5.35. The normalized spacial score (nSPS) is 10.7. The van der Waals surface area contributed by atoms with Crippen molar-refractivity contribution < 1.29 is 4.79 Å². The summed E-state index contributed by atoms with van der Waals surface area (Å²) in [6, 6.07) is 4.87. The molecule has 0 aliphatic rings. The number of amides is 1. The van der Waals surface area contributed by atoms with Gasteiger partial charge in [-0.3, -0.25) is 4.79 Å². The fourth-order valence-corrected chi connectivity index (χ4v) is 2.00. The van der Waals surface area contributed by atoms with Crippen LogP contribution >= 0.6 is 23.2 Å². The highest BCUT2D eigenvalue weighted by molar-refractivity contribution is 6.42. The maximum atomic E-state index is 12.1. The van der Waals surface area contributed by atoms with Crippen molar-refractivity contribution in [2.24, 2.45) is 0 Å². The Hall–Kier alpha value is -1.89. The molecule has 0 bridgehead atoms. The lowest BCUT2D eigenvalue weighted by molar-refractivity contribution is 0.102. The van der Waals surface area contributed by atoms with Gasteiger partial charge >= 0.3 is 0 Å². The summed E-state index contributed by atoms with van der Waals surface area (Å²) < 4.78 is 0. The van der Waals surface area contributed by atoms with E-state index in [1.807, 2.05) is 19.0 Å². The van der Waals surface area contributed by atoms with E-state index in [1.54, 1.807) is 18.2 Å². The molecule has 0 saturated carbocycles. The Morgan fingerprint density at radius 2 is 1.87 bits per heavy atom. The quantitative estimate of drug-likeness (QED) is 0.835. The van der Waals surface area contributed by atoms with Gasteiger partial charge in [-0.15, -0.1) is 0 Å². The second kappa shape index (κ2) is 8.10. The van der Waals surface area contributed by atoms with Gasteiger partial charge < -0.3 is 15.5 Å². The molecule has 1 heterocycles. The minimum atomic E-state index is -0.316. The van der Waals surface area contributed by atoms with Crippen LogP contribution in [0.5, 0.6) is 0 Å². The van der Waals surface area contributed by atoms with E-state index in [4.69, 9.17) is 23.2 Å². The predicted molar refractivity (Wildman–Crippen MR) is 93.5 cm³/mol. The molecule has 2 N–H and O–H groups in total. The van der Waals surface area contributed by atoms with Crippen molar-refractivity contribution >= 4 is 40.7 Å². The molecule has 0 aliphatic carbocycles. The number of hydrogen-bond donors (Lipinski definition) is 2. The van der Waals surface area contributed by atoms with Crippen LogP contribution in [-0.2, 0) is 0 Å². The van der Waals surface area contributed by atoms with Gasteiger partial charge in [-0.2, -0.15) is 0 Å². The van der Waals surface area contributed by atoms with Crippen LogP contribution in [0, 0.1) is 0 Å². The van der Waals surface area contributed by atoms with Gasteiger partial charge in [0, 0.05) is 31.2 Å². The molecule has 23 heavy (non-hydrogen) atoms. The molecule has 2 rings (SSSR count). The predicted octanol–water partition coefficient (Wildman–Crippen LogP) is 3.01. The van der Waals surface area contributed by atoms with Crippen molar-refractivity contribution in [3.05, 3.63) is 46.2 Å². The minimum Gasteiger partial charge on any atom is -0.353 e. The second-order valence-corrected chi connectivity index (χ2v) is 5.92. The van der Waals surface area contributed by atoms with Crippen molar-refractivity contribution in [1.29, 1.82) is 0 Å². The molecule has 0 atom stereocenters. The highest BCUT2D eigenvalue weighted by Gasteiger charge is 2.09. The number of carbonyl (C=O) groups excluding carboxylic acids is 1. The maximum Gasteiger partial charge on any atom is 0.258 e. The average Bonchev–Trinajstić information content (AvgIpc) is 2.51. The van der Waals surface area contributed by atoms with Crippen LogP contribution in [0.2, 0.25) is 10.0 Å². The first-order valence-corrected chi connectivity index (χ1v) is 7.68. The lowest BCUT2D eigenvalue weighted by atomic mass is 10.3. The Morgan fingerprint density at radius 3 is 2.48 bits per heavy atom. The molecule has 122 valence electrons. The number of anilines is 2. The van der Waals surface area contributed by atoms with Crippen molar-refractivity contribution in [3.63, 3.8) is 0 Å². The number of carbonyl (C=O) groups is 1. The molecule has 0 radical (unpaired) electrons. The van der Waals surface area contributed by atoms with Crippen molar-refractivity contribution in [3.8, 4) is 0 Å². The van der Waals surface area contributed by atoms with Gasteiger partial charge in [-0.1, -0.05) is 23.2 Å². The summed E-state index contributed by atoms with van der Waals surface area (Å²) in [5.41, 5.74) is 0.909. The number of benzene rings is 1. The third-order valence-corrected chi connectivity index (χ3v) is 3.67. The smallest absolute Gasteiger partial charge is 0.258 e. The van der Waals surface area contributed by atoms with E-state index in [0.717, 1.165) is 13.1 Å². The first kappa shape index (κ1) is 17.5. The molecule has 1 aromatic heterocycles. The van der Waals surface area contributed by atoms with Crippen LogP contribution in [0.3, 0.4) is 0 Å². The van der Waals surface area contributed by atoms with Gasteiger partial charge in [0.1, 0.15) is 0 Å². The summed E-state index contributed by atoms with van der Waals surface area (Å²) in [7, 11) is 3.97. The molecular formula is C15H17Cl2N5O. The number of hydrogen-bond acceptors (Lipinski definition) is 5. The van der Waals surface area contributed by atoms with Crippen LogP contribution < -0.4 is 10.6 Å². The van der Waals surface area contributed by atoms with Crippen molar-refractivity contribution in [1.82, 2.24) is 14.9 Å². The zero-order valence-electron chi connectivity index (χ0n) is 12.8. The zero-order valence-corrected chi connectivity index (χ0v) is 14.3. The minimum absolute atomic E-state index is 0.316. The highest BCUT2D eigenvalue weighted by Crippen LogP contribution is 2.25. The zero-order chi connectivity index (χ0) is 16.8. The van der Waals surface area contributed by atoms with Crippen LogP contribution in [-0.4, -0.2) is 48.0 Å². The largest absolute Gasteiger partial charge is 0.353 e. The molecule has 8 heteroatoms. The number of nitrogens with one attached hydrogen (secondary N) is 2. The molecule has 2 aromatic rings. The van der Waals surface area contributed by atoms with E-state index in [0.29, 0.717) is 27.2 Å². The number of rotatable bonds is 6.